The van der Waals surface area contributed by atoms with Crippen LogP contribution >= 0.6 is 10.7 Å². The highest BCUT2D eigenvalue weighted by Crippen LogP contribution is 2.26. The Kier molecular flexibility index (Phi) is 2.44. The van der Waals surface area contributed by atoms with Gasteiger partial charge in [-0.25, -0.2) is 16.8 Å². The molecule has 1 aliphatic rings. The second-order valence-electron chi connectivity index (χ2n) is 3.07. The summed E-state index contributed by atoms with van der Waals surface area (Å²) in [6, 6.07) is 0. The van der Waals surface area contributed by atoms with Gasteiger partial charge in [0.05, 0.1) is 16.8 Å². The van der Waals surface area contributed by atoms with Gasteiger partial charge >= 0.3 is 0 Å². The maximum Gasteiger partial charge on any atom is 0.236 e. The van der Waals surface area contributed by atoms with Gasteiger partial charge < -0.3 is 0 Å². The lowest BCUT2D eigenvalue weighted by Gasteiger charge is -2.07. The van der Waals surface area contributed by atoms with Gasteiger partial charge in [-0.05, 0) is 5.92 Å². The van der Waals surface area contributed by atoms with Gasteiger partial charge in [0.15, 0.2) is 9.84 Å². The zero-order valence-corrected chi connectivity index (χ0v) is 8.79. The van der Waals surface area contributed by atoms with Gasteiger partial charge in [0, 0.05) is 10.7 Å². The molecule has 1 fully saturated rings. The van der Waals surface area contributed by atoms with E-state index in [0.29, 0.717) is 0 Å². The van der Waals surface area contributed by atoms with Crippen LogP contribution in [0.4, 0.5) is 0 Å². The number of halogens is 1. The lowest BCUT2D eigenvalue weighted by Crippen LogP contribution is -2.23. The molecule has 1 saturated heterocycles. The molecule has 7 heteroatoms. The number of hydrogen-bond donors (Lipinski definition) is 0. The standard InChI is InChI=1S/C5H9ClO4S2/c1-4-2-11(7,8)3-5(4)12(6,9)10/h4-5H,2-3H2,1H3/t4-,5-/m1/s1. The van der Waals surface area contributed by atoms with Gasteiger partial charge in [-0.1, -0.05) is 6.92 Å². The van der Waals surface area contributed by atoms with Crippen molar-refractivity contribution >= 4 is 29.6 Å². The Morgan fingerprint density at radius 3 is 2.00 bits per heavy atom. The summed E-state index contributed by atoms with van der Waals surface area (Å²) in [5.41, 5.74) is 0. The monoisotopic (exact) mass is 232 g/mol. The third-order valence-corrected chi connectivity index (χ3v) is 6.08. The summed E-state index contributed by atoms with van der Waals surface area (Å²) in [6.07, 6.45) is 0. The molecular formula is C5H9ClO4S2. The predicted octanol–water partition coefficient (Wildman–Crippen LogP) is -0.0119. The first-order chi connectivity index (χ1) is 5.22. The molecule has 0 radical (unpaired) electrons. The van der Waals surface area contributed by atoms with E-state index in [1.165, 1.54) is 0 Å². The minimum atomic E-state index is -3.73. The maximum atomic E-state index is 11.0. The molecule has 4 nitrogen and oxygen atoms in total. The van der Waals surface area contributed by atoms with Crippen molar-refractivity contribution in [1.29, 1.82) is 0 Å². The van der Waals surface area contributed by atoms with E-state index in [0.717, 1.165) is 0 Å². The van der Waals surface area contributed by atoms with Crippen molar-refractivity contribution in [2.24, 2.45) is 5.92 Å². The Bertz CT molecular complexity index is 368. The Morgan fingerprint density at radius 2 is 1.83 bits per heavy atom. The molecule has 0 aromatic heterocycles. The summed E-state index contributed by atoms with van der Waals surface area (Å²) in [5.74, 6) is -0.804. The van der Waals surface area contributed by atoms with Crippen LogP contribution in [-0.2, 0) is 18.9 Å². The smallest absolute Gasteiger partial charge is 0.229 e. The molecule has 1 rings (SSSR count). The molecule has 0 saturated carbocycles. The van der Waals surface area contributed by atoms with Crippen molar-refractivity contribution in [3.8, 4) is 0 Å². The Labute approximate surface area is 76.3 Å². The van der Waals surface area contributed by atoms with Crippen molar-refractivity contribution in [2.75, 3.05) is 11.5 Å². The topological polar surface area (TPSA) is 68.3 Å². The van der Waals surface area contributed by atoms with E-state index in [2.05, 4.69) is 0 Å². The van der Waals surface area contributed by atoms with Gasteiger partial charge in [0.2, 0.25) is 9.05 Å². The van der Waals surface area contributed by atoms with Gasteiger partial charge in [0.1, 0.15) is 0 Å². The maximum absolute atomic E-state index is 11.0. The molecular weight excluding hydrogens is 224 g/mol. The van der Waals surface area contributed by atoms with Crippen molar-refractivity contribution in [3.63, 3.8) is 0 Å². The molecule has 12 heavy (non-hydrogen) atoms. The van der Waals surface area contributed by atoms with Crippen LogP contribution in [0.1, 0.15) is 6.92 Å². The molecule has 0 unspecified atom stereocenters. The van der Waals surface area contributed by atoms with Crippen LogP contribution in [0, 0.1) is 5.92 Å². The molecule has 0 bridgehead atoms. The highest BCUT2D eigenvalue weighted by atomic mass is 35.7. The first-order valence-corrected chi connectivity index (χ1v) is 7.56. The van der Waals surface area contributed by atoms with Crippen LogP contribution in [-0.4, -0.2) is 33.6 Å². The molecule has 0 aromatic carbocycles. The van der Waals surface area contributed by atoms with Crippen LogP contribution < -0.4 is 0 Å². The van der Waals surface area contributed by atoms with Crippen LogP contribution in [0.3, 0.4) is 0 Å². The first kappa shape index (κ1) is 10.3. The van der Waals surface area contributed by atoms with Crippen LogP contribution in [0.25, 0.3) is 0 Å². The summed E-state index contributed by atoms with van der Waals surface area (Å²) in [7, 11) is -1.85. The third kappa shape index (κ3) is 2.11. The van der Waals surface area contributed by atoms with E-state index in [1.54, 1.807) is 6.92 Å². The van der Waals surface area contributed by atoms with E-state index >= 15 is 0 Å². The van der Waals surface area contributed by atoms with Crippen LogP contribution in [0.2, 0.25) is 0 Å². The molecule has 72 valence electrons. The van der Waals surface area contributed by atoms with Gasteiger partial charge in [-0.2, -0.15) is 0 Å². The zero-order valence-electron chi connectivity index (χ0n) is 6.40. The highest BCUT2D eigenvalue weighted by molar-refractivity contribution is 8.14. The zero-order chi connectivity index (χ0) is 9.57. The molecule has 0 aliphatic carbocycles. The molecule has 0 amide bonds. The average molecular weight is 233 g/mol. The largest absolute Gasteiger partial charge is 0.236 e. The highest BCUT2D eigenvalue weighted by Gasteiger charge is 2.41. The fourth-order valence-corrected chi connectivity index (χ4v) is 6.38. The second kappa shape index (κ2) is 2.85. The summed E-state index contributed by atoms with van der Waals surface area (Å²) >= 11 is 0. The minimum Gasteiger partial charge on any atom is -0.229 e. The Morgan fingerprint density at radius 1 is 1.33 bits per heavy atom. The number of hydrogen-bond acceptors (Lipinski definition) is 4. The lowest BCUT2D eigenvalue weighted by molar-refractivity contribution is 0.573. The van der Waals surface area contributed by atoms with E-state index in [-0.39, 0.29) is 11.5 Å². The van der Waals surface area contributed by atoms with E-state index in [4.69, 9.17) is 10.7 Å². The molecule has 0 aromatic rings. The molecule has 0 spiro atoms. The summed E-state index contributed by atoms with van der Waals surface area (Å²) in [6.45, 7) is 1.58. The number of sulfone groups is 1. The molecule has 2 atom stereocenters. The summed E-state index contributed by atoms with van der Waals surface area (Å²) < 4.78 is 43.6. The van der Waals surface area contributed by atoms with Crippen molar-refractivity contribution in [2.45, 2.75) is 12.2 Å². The summed E-state index contributed by atoms with van der Waals surface area (Å²) in [4.78, 5) is 0. The fourth-order valence-electron chi connectivity index (χ4n) is 1.35. The Hall–Kier alpha value is 0.190. The third-order valence-electron chi connectivity index (χ3n) is 1.93. The first-order valence-electron chi connectivity index (χ1n) is 3.36. The Balaban J connectivity index is 3.01. The second-order valence-corrected chi connectivity index (χ2v) is 8.07. The normalized spacial score (nSPS) is 35.2. The molecule has 0 N–H and O–H groups in total. The van der Waals surface area contributed by atoms with Crippen LogP contribution in [0.5, 0.6) is 0 Å². The SMILES string of the molecule is C[C@@H]1CS(=O)(=O)C[C@H]1S(=O)(=O)Cl. The van der Waals surface area contributed by atoms with E-state index < -0.39 is 30.1 Å². The van der Waals surface area contributed by atoms with Crippen molar-refractivity contribution in [3.05, 3.63) is 0 Å². The molecule has 1 aliphatic heterocycles. The average Bonchev–Trinajstić information content (AvgIpc) is 2.03. The van der Waals surface area contributed by atoms with E-state index in [9.17, 15) is 16.8 Å². The lowest BCUT2D eigenvalue weighted by atomic mass is 10.2. The molecule has 1 heterocycles. The van der Waals surface area contributed by atoms with Crippen molar-refractivity contribution < 1.29 is 16.8 Å². The number of rotatable bonds is 1. The minimum absolute atomic E-state index is 0.0797. The van der Waals surface area contributed by atoms with Crippen LogP contribution in [0.15, 0.2) is 0 Å². The van der Waals surface area contributed by atoms with Gasteiger partial charge in [-0.3, -0.25) is 0 Å². The van der Waals surface area contributed by atoms with Gasteiger partial charge in [-0.15, -0.1) is 0 Å². The van der Waals surface area contributed by atoms with E-state index in [1.807, 2.05) is 0 Å². The van der Waals surface area contributed by atoms with Crippen molar-refractivity contribution in [1.82, 2.24) is 0 Å². The van der Waals surface area contributed by atoms with Gasteiger partial charge in [0.25, 0.3) is 0 Å². The fraction of sp³-hybridized carbons (Fsp3) is 1.00. The summed E-state index contributed by atoms with van der Waals surface area (Å²) in [5, 5.41) is -0.927. The quantitative estimate of drug-likeness (QED) is 0.597. The predicted molar refractivity (Wildman–Crippen MR) is 46.4 cm³/mol.